The zero-order valence-electron chi connectivity index (χ0n) is 14.8. The number of pyridine rings is 1. The van der Waals surface area contributed by atoms with Crippen molar-refractivity contribution in [3.8, 4) is 0 Å². The molecule has 28 heavy (non-hydrogen) atoms. The number of carbonyl (C=O) groups is 1. The summed E-state index contributed by atoms with van der Waals surface area (Å²) in [5.41, 5.74) is -2.41. The van der Waals surface area contributed by atoms with Gasteiger partial charge in [-0.15, -0.1) is 0 Å². The molecule has 2 aliphatic rings. The van der Waals surface area contributed by atoms with Crippen molar-refractivity contribution in [1.82, 2.24) is 4.98 Å². The molecule has 0 radical (unpaired) electrons. The molecule has 8 heteroatoms. The van der Waals surface area contributed by atoms with Crippen LogP contribution in [0.4, 0.5) is 23.2 Å². The molecule has 0 fully saturated rings. The fraction of sp³-hybridized carbons (Fsp3) is 0.400. The summed E-state index contributed by atoms with van der Waals surface area (Å²) in [6, 6.07) is 5.95. The lowest BCUT2D eigenvalue weighted by atomic mass is 9.70. The molecule has 0 saturated heterocycles. The van der Waals surface area contributed by atoms with Gasteiger partial charge in [-0.1, -0.05) is 0 Å². The smallest absolute Gasteiger partial charge is 0.374 e. The number of carbonyl (C=O) groups excluding carboxylic acids is 1. The molecule has 0 bridgehead atoms. The number of hydrogen-bond donors (Lipinski definition) is 1. The summed E-state index contributed by atoms with van der Waals surface area (Å²) < 4.78 is 54.0. The number of aliphatic hydroxyl groups is 1. The first-order chi connectivity index (χ1) is 13.2. The Morgan fingerprint density at radius 2 is 1.96 bits per heavy atom. The van der Waals surface area contributed by atoms with Gasteiger partial charge in [-0.05, 0) is 60.2 Å². The maximum absolute atomic E-state index is 14.3. The number of benzene rings is 1. The number of halogens is 4. The summed E-state index contributed by atoms with van der Waals surface area (Å²) in [5.74, 6) is -0.213. The summed E-state index contributed by atoms with van der Waals surface area (Å²) >= 11 is 0. The van der Waals surface area contributed by atoms with E-state index in [4.69, 9.17) is 0 Å². The maximum Gasteiger partial charge on any atom is 0.424 e. The van der Waals surface area contributed by atoms with Gasteiger partial charge in [0.2, 0.25) is 11.5 Å². The summed E-state index contributed by atoms with van der Waals surface area (Å²) in [6.45, 7) is 0.413. The van der Waals surface area contributed by atoms with Crippen LogP contribution in [-0.2, 0) is 23.2 Å². The molecule has 2 heterocycles. The average molecular weight is 394 g/mol. The largest absolute Gasteiger partial charge is 0.424 e. The Balaban J connectivity index is 1.71. The molecule has 1 aromatic carbocycles. The Morgan fingerprint density at radius 3 is 2.64 bits per heavy atom. The van der Waals surface area contributed by atoms with Crippen molar-refractivity contribution in [2.45, 2.75) is 43.6 Å². The first-order valence-electron chi connectivity index (χ1n) is 9.03. The molecular weight excluding hydrogens is 376 g/mol. The lowest BCUT2D eigenvalue weighted by molar-refractivity contribution is -0.302. The van der Waals surface area contributed by atoms with Crippen LogP contribution in [-0.4, -0.2) is 28.7 Å². The lowest BCUT2D eigenvalue weighted by Gasteiger charge is -2.44. The van der Waals surface area contributed by atoms with Crippen LogP contribution in [0.3, 0.4) is 0 Å². The van der Waals surface area contributed by atoms with Crippen LogP contribution in [0.5, 0.6) is 0 Å². The van der Waals surface area contributed by atoms with Crippen molar-refractivity contribution in [3.05, 3.63) is 58.9 Å². The van der Waals surface area contributed by atoms with Gasteiger partial charge in [-0.25, -0.2) is 4.39 Å². The second-order valence-corrected chi connectivity index (χ2v) is 7.23. The molecule has 2 aromatic rings. The van der Waals surface area contributed by atoms with Gasteiger partial charge in [0.15, 0.2) is 6.17 Å². The number of rotatable bonds is 2. The highest BCUT2D eigenvalue weighted by Gasteiger charge is 2.68. The molecule has 1 aliphatic heterocycles. The molecule has 148 valence electrons. The molecule has 1 aromatic heterocycles. The summed E-state index contributed by atoms with van der Waals surface area (Å²) in [5, 5.41) is 9.92. The molecule has 4 rings (SSSR count). The second kappa shape index (κ2) is 6.55. The minimum absolute atomic E-state index is 0.116. The van der Waals surface area contributed by atoms with Gasteiger partial charge in [-0.3, -0.25) is 9.78 Å². The predicted molar refractivity (Wildman–Crippen MR) is 93.5 cm³/mol. The summed E-state index contributed by atoms with van der Waals surface area (Å²) in [7, 11) is 0. The van der Waals surface area contributed by atoms with E-state index in [9.17, 15) is 27.5 Å². The Hall–Kier alpha value is -2.48. The number of nitrogens with zero attached hydrogens (tertiary/aromatic N) is 2. The third-order valence-corrected chi connectivity index (χ3v) is 5.51. The Labute approximate surface area is 158 Å². The lowest BCUT2D eigenvalue weighted by Crippen LogP contribution is -2.53. The van der Waals surface area contributed by atoms with Gasteiger partial charge in [0.05, 0.1) is 6.42 Å². The highest BCUT2D eigenvalue weighted by atomic mass is 19.4. The molecule has 0 spiro atoms. The third-order valence-electron chi connectivity index (χ3n) is 5.51. The zero-order chi connectivity index (χ0) is 20.1. The van der Waals surface area contributed by atoms with Crippen LogP contribution in [0.25, 0.3) is 0 Å². The van der Waals surface area contributed by atoms with Crippen LogP contribution in [0.1, 0.15) is 41.3 Å². The molecule has 0 saturated carbocycles. The number of alkyl halides is 4. The molecular formula is C20H18F4N2O2. The van der Waals surface area contributed by atoms with Crippen LogP contribution < -0.4 is 4.90 Å². The van der Waals surface area contributed by atoms with Crippen molar-refractivity contribution >= 4 is 11.6 Å². The highest BCUT2D eigenvalue weighted by molar-refractivity contribution is 5.96. The van der Waals surface area contributed by atoms with Gasteiger partial charge in [0.1, 0.15) is 0 Å². The molecule has 1 aliphatic carbocycles. The Kier molecular flexibility index (Phi) is 4.41. The highest BCUT2D eigenvalue weighted by Crippen LogP contribution is 2.60. The standard InChI is InChI=1S/C20H18F4N2O2/c21-18-14-11-16-13(10-15(14)19(18,28)20(22,23)24)3-1-2-8-26(16)17(27)9-12-4-6-25-7-5-12/h4-7,10-11,18,28H,1-3,8-9H2/t18-,19?/m1/s1. The number of aromatic nitrogens is 1. The maximum atomic E-state index is 14.3. The molecule has 2 atom stereocenters. The van der Waals surface area contributed by atoms with Gasteiger partial charge < -0.3 is 10.0 Å². The predicted octanol–water partition coefficient (Wildman–Crippen LogP) is 3.77. The van der Waals surface area contributed by atoms with E-state index >= 15 is 0 Å². The molecule has 1 amide bonds. The van der Waals surface area contributed by atoms with E-state index in [1.807, 2.05) is 0 Å². The van der Waals surface area contributed by atoms with E-state index in [1.165, 1.54) is 17.0 Å². The molecule has 4 nitrogen and oxygen atoms in total. The van der Waals surface area contributed by atoms with Gasteiger partial charge in [0, 0.05) is 30.2 Å². The normalized spacial score (nSPS) is 24.0. The minimum atomic E-state index is -5.10. The van der Waals surface area contributed by atoms with E-state index in [0.29, 0.717) is 37.1 Å². The second-order valence-electron chi connectivity index (χ2n) is 7.23. The van der Waals surface area contributed by atoms with E-state index in [2.05, 4.69) is 4.98 Å². The van der Waals surface area contributed by atoms with Gasteiger partial charge in [-0.2, -0.15) is 13.2 Å². The van der Waals surface area contributed by atoms with E-state index < -0.39 is 23.5 Å². The van der Waals surface area contributed by atoms with Crippen molar-refractivity contribution < 1.29 is 27.5 Å². The van der Waals surface area contributed by atoms with E-state index in [-0.39, 0.29) is 17.9 Å². The van der Waals surface area contributed by atoms with Crippen LogP contribution in [0.2, 0.25) is 0 Å². The fourth-order valence-corrected chi connectivity index (χ4v) is 3.96. The van der Waals surface area contributed by atoms with Gasteiger partial charge in [0.25, 0.3) is 0 Å². The van der Waals surface area contributed by atoms with Crippen molar-refractivity contribution in [2.75, 3.05) is 11.4 Å². The van der Waals surface area contributed by atoms with Crippen molar-refractivity contribution in [3.63, 3.8) is 0 Å². The monoisotopic (exact) mass is 394 g/mol. The van der Waals surface area contributed by atoms with E-state index in [0.717, 1.165) is 5.56 Å². The van der Waals surface area contributed by atoms with Crippen LogP contribution in [0.15, 0.2) is 36.7 Å². The fourth-order valence-electron chi connectivity index (χ4n) is 3.96. The number of anilines is 1. The van der Waals surface area contributed by atoms with Crippen molar-refractivity contribution in [1.29, 1.82) is 0 Å². The average Bonchev–Trinajstić information content (AvgIpc) is 2.88. The number of amides is 1. The van der Waals surface area contributed by atoms with Crippen LogP contribution >= 0.6 is 0 Å². The number of hydrogen-bond acceptors (Lipinski definition) is 3. The summed E-state index contributed by atoms with van der Waals surface area (Å²) in [4.78, 5) is 18.3. The summed E-state index contributed by atoms with van der Waals surface area (Å²) in [6.07, 6.45) is -2.56. The SMILES string of the molecule is O=C(Cc1ccncc1)N1CCCCc2cc3c(cc21)[C@@H](F)C3(O)C(F)(F)F. The molecule has 1 N–H and O–H groups in total. The number of aryl methyl sites for hydroxylation is 1. The quantitative estimate of drug-likeness (QED) is 0.789. The number of fused-ring (bicyclic) bond motifs is 2. The van der Waals surface area contributed by atoms with Crippen LogP contribution in [0, 0.1) is 0 Å². The van der Waals surface area contributed by atoms with E-state index in [1.54, 1.807) is 24.5 Å². The topological polar surface area (TPSA) is 53.4 Å². The Morgan fingerprint density at radius 1 is 1.25 bits per heavy atom. The Bertz CT molecular complexity index is 916. The molecule has 1 unspecified atom stereocenters. The van der Waals surface area contributed by atoms with Crippen molar-refractivity contribution in [2.24, 2.45) is 0 Å². The minimum Gasteiger partial charge on any atom is -0.374 e. The first kappa shape index (κ1) is 18.9. The third kappa shape index (κ3) is 2.78. The van der Waals surface area contributed by atoms with Gasteiger partial charge >= 0.3 is 6.18 Å². The zero-order valence-corrected chi connectivity index (χ0v) is 14.8. The first-order valence-corrected chi connectivity index (χ1v) is 9.03.